The molecule has 0 atom stereocenters. The molecule has 0 aliphatic rings. The van der Waals surface area contributed by atoms with Crippen LogP contribution in [0.4, 0.5) is 5.82 Å². The topological polar surface area (TPSA) is 58.1 Å². The van der Waals surface area contributed by atoms with Gasteiger partial charge >= 0.3 is 0 Å². The lowest BCUT2D eigenvalue weighted by molar-refractivity contribution is 0.0948. The van der Waals surface area contributed by atoms with Gasteiger partial charge in [-0.2, -0.15) is 0 Å². The molecule has 0 saturated heterocycles. The number of carbonyl (C=O) groups is 1. The van der Waals surface area contributed by atoms with E-state index in [4.69, 9.17) is 0 Å². The summed E-state index contributed by atoms with van der Waals surface area (Å²) >= 11 is 0. The van der Waals surface area contributed by atoms with Gasteiger partial charge in [0.25, 0.3) is 5.91 Å². The summed E-state index contributed by atoms with van der Waals surface area (Å²) in [6.45, 7) is 8.56. The van der Waals surface area contributed by atoms with Crippen LogP contribution in [0.3, 0.4) is 0 Å². The molecule has 0 saturated carbocycles. The van der Waals surface area contributed by atoms with Gasteiger partial charge in [0, 0.05) is 19.6 Å². The normalized spacial score (nSPS) is 10.1. The monoisotopic (exact) mass is 236 g/mol. The maximum Gasteiger partial charge on any atom is 0.271 e. The Morgan fingerprint density at radius 3 is 2.41 bits per heavy atom. The number of hydrogen-bond acceptors (Lipinski definition) is 4. The molecule has 0 aliphatic heterocycles. The lowest BCUT2D eigenvalue weighted by atomic mass is 10.4. The van der Waals surface area contributed by atoms with Crippen LogP contribution in [0.1, 0.15) is 37.7 Å². The zero-order valence-electron chi connectivity index (χ0n) is 10.7. The van der Waals surface area contributed by atoms with Gasteiger partial charge in [0.2, 0.25) is 0 Å². The first kappa shape index (κ1) is 13.4. The molecule has 0 aromatic carbocycles. The van der Waals surface area contributed by atoms with E-state index in [9.17, 15) is 4.79 Å². The van der Waals surface area contributed by atoms with E-state index in [1.54, 1.807) is 6.20 Å². The van der Waals surface area contributed by atoms with Crippen LogP contribution in [-0.4, -0.2) is 35.5 Å². The van der Waals surface area contributed by atoms with E-state index >= 15 is 0 Å². The summed E-state index contributed by atoms with van der Waals surface area (Å²) in [6.07, 6.45) is 4.09. The fraction of sp³-hybridized carbons (Fsp3) is 0.583. The highest BCUT2D eigenvalue weighted by Crippen LogP contribution is 2.07. The number of hydrogen-bond donors (Lipinski definition) is 1. The third-order valence-electron chi connectivity index (χ3n) is 2.49. The fourth-order valence-corrected chi connectivity index (χ4v) is 1.48. The molecule has 0 unspecified atom stereocenters. The summed E-state index contributed by atoms with van der Waals surface area (Å²) in [5.74, 6) is 0.646. The Hall–Kier alpha value is -1.65. The van der Waals surface area contributed by atoms with Crippen LogP contribution in [0.25, 0.3) is 0 Å². The molecule has 0 spiro atoms. The van der Waals surface area contributed by atoms with Crippen LogP contribution in [-0.2, 0) is 0 Å². The minimum atomic E-state index is -0.162. The lowest BCUT2D eigenvalue weighted by Crippen LogP contribution is -2.26. The summed E-state index contributed by atoms with van der Waals surface area (Å²) in [5.41, 5.74) is 0.370. The van der Waals surface area contributed by atoms with Gasteiger partial charge in [-0.25, -0.2) is 9.97 Å². The van der Waals surface area contributed by atoms with Crippen LogP contribution in [0.5, 0.6) is 0 Å². The molecule has 0 fully saturated rings. The molecule has 1 heterocycles. The van der Waals surface area contributed by atoms with Crippen molar-refractivity contribution in [3.05, 3.63) is 18.1 Å². The summed E-state index contributed by atoms with van der Waals surface area (Å²) in [7, 11) is 0. The van der Waals surface area contributed by atoms with E-state index < -0.39 is 0 Å². The fourth-order valence-electron chi connectivity index (χ4n) is 1.48. The molecule has 0 aliphatic carbocycles. The Morgan fingerprint density at radius 2 is 1.94 bits per heavy atom. The molecule has 1 aromatic heterocycles. The molecule has 5 heteroatoms. The zero-order chi connectivity index (χ0) is 12.7. The van der Waals surface area contributed by atoms with Crippen molar-refractivity contribution in [2.45, 2.75) is 27.2 Å². The summed E-state index contributed by atoms with van der Waals surface area (Å²) in [5, 5.41) is 2.77. The third kappa shape index (κ3) is 3.69. The molecule has 94 valence electrons. The maximum absolute atomic E-state index is 11.6. The molecular formula is C12H20N4O. The summed E-state index contributed by atoms with van der Waals surface area (Å²) in [4.78, 5) is 22.1. The lowest BCUT2D eigenvalue weighted by Gasteiger charge is -2.18. The largest absolute Gasteiger partial charge is 0.356 e. The Bertz CT molecular complexity index is 346. The molecule has 1 N–H and O–H groups in total. The molecule has 5 nitrogen and oxygen atoms in total. The smallest absolute Gasteiger partial charge is 0.271 e. The Kier molecular flexibility index (Phi) is 5.39. The van der Waals surface area contributed by atoms with Gasteiger partial charge in [0.15, 0.2) is 0 Å². The highest BCUT2D eigenvalue weighted by Gasteiger charge is 2.08. The van der Waals surface area contributed by atoms with Crippen molar-refractivity contribution in [2.24, 2.45) is 0 Å². The van der Waals surface area contributed by atoms with Gasteiger partial charge < -0.3 is 10.2 Å². The van der Waals surface area contributed by atoms with Crippen molar-refractivity contribution in [1.82, 2.24) is 15.3 Å². The molecular weight excluding hydrogens is 216 g/mol. The van der Waals surface area contributed by atoms with Crippen molar-refractivity contribution in [3.8, 4) is 0 Å². The quantitative estimate of drug-likeness (QED) is 0.812. The standard InChI is InChI=1S/C12H20N4O/c1-4-7-13-12(17)10-8-15-11(9-14-10)16(5-2)6-3/h8-9H,4-7H2,1-3H3,(H,13,17). The van der Waals surface area contributed by atoms with Gasteiger partial charge in [0.1, 0.15) is 11.5 Å². The van der Waals surface area contributed by atoms with E-state index in [0.717, 1.165) is 25.3 Å². The highest BCUT2D eigenvalue weighted by molar-refractivity contribution is 5.91. The van der Waals surface area contributed by atoms with Gasteiger partial charge in [-0.05, 0) is 20.3 Å². The van der Waals surface area contributed by atoms with Crippen LogP contribution in [0.15, 0.2) is 12.4 Å². The van der Waals surface area contributed by atoms with Crippen molar-refractivity contribution >= 4 is 11.7 Å². The van der Waals surface area contributed by atoms with E-state index in [-0.39, 0.29) is 5.91 Å². The predicted molar refractivity (Wildman–Crippen MR) is 68.2 cm³/mol. The average Bonchev–Trinajstić information content (AvgIpc) is 2.38. The number of anilines is 1. The molecule has 1 amide bonds. The van der Waals surface area contributed by atoms with E-state index in [1.807, 2.05) is 6.92 Å². The zero-order valence-corrected chi connectivity index (χ0v) is 10.7. The second-order valence-electron chi connectivity index (χ2n) is 3.69. The Balaban J connectivity index is 2.70. The van der Waals surface area contributed by atoms with Gasteiger partial charge in [-0.1, -0.05) is 6.92 Å². The number of carbonyl (C=O) groups excluding carboxylic acids is 1. The van der Waals surface area contributed by atoms with Crippen LogP contribution >= 0.6 is 0 Å². The Labute approximate surface area is 102 Å². The predicted octanol–water partition coefficient (Wildman–Crippen LogP) is 1.46. The first-order valence-electron chi connectivity index (χ1n) is 6.08. The van der Waals surface area contributed by atoms with E-state index in [2.05, 4.69) is 34.0 Å². The van der Waals surface area contributed by atoms with Crippen LogP contribution in [0, 0.1) is 0 Å². The minimum Gasteiger partial charge on any atom is -0.356 e. The number of rotatable bonds is 6. The number of amides is 1. The van der Waals surface area contributed by atoms with Crippen LogP contribution < -0.4 is 10.2 Å². The second kappa shape index (κ2) is 6.83. The number of nitrogens with one attached hydrogen (secondary N) is 1. The summed E-state index contributed by atoms with van der Waals surface area (Å²) in [6, 6.07) is 0. The molecule has 17 heavy (non-hydrogen) atoms. The Morgan fingerprint density at radius 1 is 1.24 bits per heavy atom. The SMILES string of the molecule is CCCNC(=O)c1cnc(N(CC)CC)cn1. The van der Waals surface area contributed by atoms with Crippen molar-refractivity contribution in [1.29, 1.82) is 0 Å². The first-order valence-corrected chi connectivity index (χ1v) is 6.08. The molecule has 1 aromatic rings. The second-order valence-corrected chi connectivity index (χ2v) is 3.69. The maximum atomic E-state index is 11.6. The van der Waals surface area contributed by atoms with Gasteiger partial charge in [-0.3, -0.25) is 4.79 Å². The molecule has 0 bridgehead atoms. The van der Waals surface area contributed by atoms with Gasteiger partial charge in [-0.15, -0.1) is 0 Å². The van der Waals surface area contributed by atoms with E-state index in [0.29, 0.717) is 12.2 Å². The summed E-state index contributed by atoms with van der Waals surface area (Å²) < 4.78 is 0. The minimum absolute atomic E-state index is 0.162. The van der Waals surface area contributed by atoms with E-state index in [1.165, 1.54) is 6.20 Å². The van der Waals surface area contributed by atoms with Crippen LogP contribution in [0.2, 0.25) is 0 Å². The molecule has 1 rings (SSSR count). The van der Waals surface area contributed by atoms with Crippen molar-refractivity contribution in [2.75, 3.05) is 24.5 Å². The highest BCUT2D eigenvalue weighted by atomic mass is 16.1. The number of aromatic nitrogens is 2. The number of nitrogens with zero attached hydrogens (tertiary/aromatic N) is 3. The van der Waals surface area contributed by atoms with Gasteiger partial charge in [0.05, 0.1) is 12.4 Å². The average molecular weight is 236 g/mol. The third-order valence-corrected chi connectivity index (χ3v) is 2.49. The first-order chi connectivity index (χ1) is 8.22. The van der Waals surface area contributed by atoms with Crippen molar-refractivity contribution in [3.63, 3.8) is 0 Å². The van der Waals surface area contributed by atoms with Crippen molar-refractivity contribution < 1.29 is 4.79 Å². The molecule has 0 radical (unpaired) electrons.